The Morgan fingerprint density at radius 1 is 1.26 bits per heavy atom. The fourth-order valence-electron chi connectivity index (χ4n) is 2.63. The molecule has 0 atom stereocenters. The van der Waals surface area contributed by atoms with E-state index in [2.05, 4.69) is 10.6 Å². The highest BCUT2D eigenvalue weighted by atomic mass is 32.2. The minimum absolute atomic E-state index is 0.0612. The predicted molar refractivity (Wildman–Crippen MR) is 84.7 cm³/mol. The van der Waals surface area contributed by atoms with Crippen molar-refractivity contribution in [1.29, 1.82) is 0 Å². The molecule has 2 aliphatic heterocycles. The molecule has 0 saturated carbocycles. The van der Waals surface area contributed by atoms with Crippen LogP contribution in [-0.2, 0) is 14.8 Å². The Kier molecular flexibility index (Phi) is 4.96. The minimum atomic E-state index is -3.69. The zero-order valence-electron chi connectivity index (χ0n) is 12.8. The summed E-state index contributed by atoms with van der Waals surface area (Å²) in [7, 11) is -3.69. The molecule has 2 fully saturated rings. The molecule has 23 heavy (non-hydrogen) atoms. The monoisotopic (exact) mass is 339 g/mol. The van der Waals surface area contributed by atoms with Gasteiger partial charge in [-0.15, -0.1) is 0 Å². The quantitative estimate of drug-likeness (QED) is 0.766. The third-order valence-electron chi connectivity index (χ3n) is 4.14. The third kappa shape index (κ3) is 3.55. The lowest BCUT2D eigenvalue weighted by Crippen LogP contribution is -2.48. The molecule has 3 rings (SSSR count). The number of ether oxygens (including phenoxy) is 1. The topological polar surface area (TPSA) is 87.7 Å². The summed E-state index contributed by atoms with van der Waals surface area (Å²) in [4.78, 5) is 12.5. The first kappa shape index (κ1) is 16.4. The molecule has 126 valence electrons. The number of carbonyl (C=O) groups is 1. The molecule has 0 aliphatic carbocycles. The van der Waals surface area contributed by atoms with Crippen molar-refractivity contribution in [3.8, 4) is 0 Å². The van der Waals surface area contributed by atoms with Crippen molar-refractivity contribution in [1.82, 2.24) is 14.9 Å². The van der Waals surface area contributed by atoms with Crippen LogP contribution in [0.1, 0.15) is 10.4 Å². The van der Waals surface area contributed by atoms with Crippen LogP contribution >= 0.6 is 0 Å². The molecular formula is C15H21N3O4S. The number of hydrogen-bond acceptors (Lipinski definition) is 5. The summed E-state index contributed by atoms with van der Waals surface area (Å²) < 4.78 is 32.2. The highest BCUT2D eigenvalue weighted by molar-refractivity contribution is 7.89. The summed E-state index contributed by atoms with van der Waals surface area (Å²) in [5, 5.41) is 5.97. The standard InChI is InChI=1S/C15H21N3O4S/c19-15(17-11-12-9-16-10-12)13-3-1-2-4-14(13)23(20,21)18-5-7-22-8-6-18/h1-4,12,16H,5-11H2,(H,17,19). The summed E-state index contributed by atoms with van der Waals surface area (Å²) in [5.74, 6) is 0.0753. The summed E-state index contributed by atoms with van der Waals surface area (Å²) >= 11 is 0. The van der Waals surface area contributed by atoms with Crippen LogP contribution in [0.15, 0.2) is 29.2 Å². The number of nitrogens with one attached hydrogen (secondary N) is 2. The van der Waals surface area contributed by atoms with Crippen LogP contribution in [0, 0.1) is 5.92 Å². The van der Waals surface area contributed by atoms with Crippen LogP contribution < -0.4 is 10.6 Å². The summed E-state index contributed by atoms with van der Waals surface area (Å²) in [6.45, 7) is 3.70. The largest absolute Gasteiger partial charge is 0.379 e. The smallest absolute Gasteiger partial charge is 0.252 e. The molecule has 0 unspecified atom stereocenters. The Hall–Kier alpha value is -1.48. The average Bonchev–Trinajstić information content (AvgIpc) is 2.54. The highest BCUT2D eigenvalue weighted by Crippen LogP contribution is 2.21. The van der Waals surface area contributed by atoms with Crippen LogP contribution in [0.25, 0.3) is 0 Å². The number of benzene rings is 1. The van der Waals surface area contributed by atoms with Crippen molar-refractivity contribution in [2.75, 3.05) is 45.9 Å². The molecule has 0 bridgehead atoms. The van der Waals surface area contributed by atoms with E-state index in [-0.39, 0.29) is 16.4 Å². The van der Waals surface area contributed by atoms with Gasteiger partial charge in [-0.25, -0.2) is 8.42 Å². The van der Waals surface area contributed by atoms with Gasteiger partial charge in [0.05, 0.1) is 23.7 Å². The maximum absolute atomic E-state index is 12.8. The van der Waals surface area contributed by atoms with Crippen molar-refractivity contribution >= 4 is 15.9 Å². The van der Waals surface area contributed by atoms with Gasteiger partial charge in [-0.2, -0.15) is 4.31 Å². The third-order valence-corrected chi connectivity index (χ3v) is 6.09. The van der Waals surface area contributed by atoms with Crippen LogP contribution in [0.2, 0.25) is 0 Å². The Labute approximate surface area is 136 Å². The maximum Gasteiger partial charge on any atom is 0.252 e. The Balaban J connectivity index is 1.80. The molecule has 2 heterocycles. The molecule has 0 aromatic heterocycles. The number of amides is 1. The van der Waals surface area contributed by atoms with Crippen LogP contribution in [0.4, 0.5) is 0 Å². The lowest BCUT2D eigenvalue weighted by atomic mass is 10.0. The van der Waals surface area contributed by atoms with E-state index in [1.54, 1.807) is 18.2 Å². The van der Waals surface area contributed by atoms with Crippen molar-refractivity contribution in [2.24, 2.45) is 5.92 Å². The van der Waals surface area contributed by atoms with E-state index in [1.165, 1.54) is 10.4 Å². The Morgan fingerprint density at radius 2 is 1.96 bits per heavy atom. The van der Waals surface area contributed by atoms with Gasteiger partial charge in [-0.05, 0) is 12.1 Å². The molecule has 2 aliphatic rings. The number of nitrogens with zero attached hydrogens (tertiary/aromatic N) is 1. The molecule has 2 saturated heterocycles. The normalized spacial score (nSPS) is 20.0. The van der Waals surface area contributed by atoms with Gasteiger partial charge in [-0.1, -0.05) is 12.1 Å². The predicted octanol–water partition coefficient (Wildman–Crippen LogP) is -0.343. The van der Waals surface area contributed by atoms with Gasteiger partial charge in [0.25, 0.3) is 5.91 Å². The molecule has 1 amide bonds. The average molecular weight is 339 g/mol. The van der Waals surface area contributed by atoms with Gasteiger partial charge in [0.2, 0.25) is 10.0 Å². The molecule has 8 heteroatoms. The number of carbonyl (C=O) groups excluding carboxylic acids is 1. The number of sulfonamides is 1. The number of hydrogen-bond donors (Lipinski definition) is 2. The second-order valence-corrected chi connectivity index (χ2v) is 7.65. The van der Waals surface area contributed by atoms with Crippen LogP contribution in [0.5, 0.6) is 0 Å². The second kappa shape index (κ2) is 6.96. The summed E-state index contributed by atoms with van der Waals surface area (Å²) in [6, 6.07) is 6.37. The van der Waals surface area contributed by atoms with Gasteiger partial charge in [-0.3, -0.25) is 4.79 Å². The fourth-order valence-corrected chi connectivity index (χ4v) is 4.23. The summed E-state index contributed by atoms with van der Waals surface area (Å²) in [6.07, 6.45) is 0. The molecule has 0 spiro atoms. The van der Waals surface area contributed by atoms with E-state index < -0.39 is 10.0 Å². The van der Waals surface area contributed by atoms with E-state index in [4.69, 9.17) is 4.74 Å². The van der Waals surface area contributed by atoms with Crippen LogP contribution in [-0.4, -0.2) is 64.6 Å². The van der Waals surface area contributed by atoms with Gasteiger partial charge < -0.3 is 15.4 Å². The van der Waals surface area contributed by atoms with Crippen molar-refractivity contribution in [3.63, 3.8) is 0 Å². The Bertz CT molecular complexity index is 667. The molecular weight excluding hydrogens is 318 g/mol. The number of rotatable bonds is 5. The van der Waals surface area contributed by atoms with E-state index in [1.807, 2.05) is 0 Å². The Morgan fingerprint density at radius 3 is 2.61 bits per heavy atom. The second-order valence-electron chi connectivity index (χ2n) is 5.75. The van der Waals surface area contributed by atoms with Gasteiger partial charge in [0.15, 0.2) is 0 Å². The van der Waals surface area contributed by atoms with Crippen LogP contribution in [0.3, 0.4) is 0 Å². The maximum atomic E-state index is 12.8. The first-order valence-corrected chi connectivity index (χ1v) is 9.19. The lowest BCUT2D eigenvalue weighted by molar-refractivity contribution is 0.0729. The SMILES string of the molecule is O=C(NCC1CNC1)c1ccccc1S(=O)(=O)N1CCOCC1. The van der Waals surface area contributed by atoms with Crippen molar-refractivity contribution in [2.45, 2.75) is 4.90 Å². The lowest BCUT2D eigenvalue weighted by Gasteiger charge is -2.28. The van der Waals surface area contributed by atoms with E-state index in [9.17, 15) is 13.2 Å². The van der Waals surface area contributed by atoms with Crippen molar-refractivity contribution in [3.05, 3.63) is 29.8 Å². The zero-order valence-corrected chi connectivity index (χ0v) is 13.6. The molecule has 1 aromatic rings. The number of morpholine rings is 1. The van der Waals surface area contributed by atoms with E-state index >= 15 is 0 Å². The van der Waals surface area contributed by atoms with E-state index in [0.717, 1.165) is 13.1 Å². The van der Waals surface area contributed by atoms with E-state index in [0.29, 0.717) is 38.8 Å². The zero-order chi connectivity index (χ0) is 16.3. The van der Waals surface area contributed by atoms with Gasteiger partial charge in [0, 0.05) is 38.6 Å². The molecule has 1 aromatic carbocycles. The van der Waals surface area contributed by atoms with Gasteiger partial charge in [0.1, 0.15) is 0 Å². The first-order chi connectivity index (χ1) is 11.1. The minimum Gasteiger partial charge on any atom is -0.379 e. The van der Waals surface area contributed by atoms with Gasteiger partial charge >= 0.3 is 0 Å². The molecule has 2 N–H and O–H groups in total. The van der Waals surface area contributed by atoms with Crippen molar-refractivity contribution < 1.29 is 17.9 Å². The molecule has 7 nitrogen and oxygen atoms in total. The highest BCUT2D eigenvalue weighted by Gasteiger charge is 2.30. The molecule has 0 radical (unpaired) electrons. The fraction of sp³-hybridized carbons (Fsp3) is 0.533. The summed E-state index contributed by atoms with van der Waals surface area (Å²) in [5.41, 5.74) is 0.200. The first-order valence-electron chi connectivity index (χ1n) is 7.75.